The molecule has 0 radical (unpaired) electrons. The first-order valence-corrected chi connectivity index (χ1v) is 7.67. The van der Waals surface area contributed by atoms with Gasteiger partial charge in [-0.05, 0) is 32.9 Å². The highest BCUT2D eigenvalue weighted by Gasteiger charge is 2.40. The third-order valence-corrected chi connectivity index (χ3v) is 4.07. The predicted octanol–water partition coefficient (Wildman–Crippen LogP) is 2.54. The summed E-state index contributed by atoms with van der Waals surface area (Å²) in [7, 11) is 0. The number of hydrogen-bond acceptors (Lipinski definition) is 3. The zero-order valence-electron chi connectivity index (χ0n) is 13.9. The van der Waals surface area contributed by atoms with Crippen molar-refractivity contribution >= 4 is 5.91 Å². The van der Waals surface area contributed by atoms with Crippen LogP contribution in [0.3, 0.4) is 0 Å². The monoisotopic (exact) mass is 347 g/mol. The molecule has 1 saturated heterocycles. The second-order valence-electron chi connectivity index (χ2n) is 6.85. The first kappa shape index (κ1) is 18.6. The third-order valence-electron chi connectivity index (χ3n) is 4.07. The minimum atomic E-state index is -4.58. The number of nitrogens with zero attached hydrogens (tertiary/aromatic N) is 2. The Labute approximate surface area is 138 Å². The van der Waals surface area contributed by atoms with Gasteiger partial charge in [0.1, 0.15) is 11.4 Å². The number of nitrogens with one attached hydrogen (secondary N) is 1. The van der Waals surface area contributed by atoms with Gasteiger partial charge >= 0.3 is 6.18 Å². The Balaban J connectivity index is 2.30. The highest BCUT2D eigenvalue weighted by Crippen LogP contribution is 2.31. The molecule has 8 heteroatoms. The molecule has 1 aliphatic rings. The van der Waals surface area contributed by atoms with Crippen LogP contribution in [0.2, 0.25) is 0 Å². The Bertz CT molecular complexity index is 614. The lowest BCUT2D eigenvalue weighted by Gasteiger charge is -2.33. The summed E-state index contributed by atoms with van der Waals surface area (Å²) in [4.78, 5) is 17.8. The minimum absolute atomic E-state index is 0.0140. The summed E-state index contributed by atoms with van der Waals surface area (Å²) < 4.78 is 52.9. The zero-order valence-corrected chi connectivity index (χ0v) is 13.9. The molecule has 1 aliphatic heterocycles. The van der Waals surface area contributed by atoms with Gasteiger partial charge in [-0.3, -0.25) is 4.79 Å². The highest BCUT2D eigenvalue weighted by molar-refractivity contribution is 5.87. The van der Waals surface area contributed by atoms with Crippen molar-refractivity contribution in [2.75, 3.05) is 26.2 Å². The summed E-state index contributed by atoms with van der Waals surface area (Å²) in [6.07, 6.45) is -4.58. The molecular weight excluding hydrogens is 326 g/mol. The Morgan fingerprint density at radius 1 is 1.29 bits per heavy atom. The smallest absolute Gasteiger partial charge is 0.337 e. The van der Waals surface area contributed by atoms with Crippen molar-refractivity contribution in [3.63, 3.8) is 0 Å². The minimum Gasteiger partial charge on any atom is -0.337 e. The molecule has 24 heavy (non-hydrogen) atoms. The normalized spacial score (nSPS) is 23.0. The van der Waals surface area contributed by atoms with Gasteiger partial charge in [0.25, 0.3) is 0 Å². The first-order valence-electron chi connectivity index (χ1n) is 7.67. The molecule has 2 heterocycles. The molecule has 2 rings (SSSR count). The summed E-state index contributed by atoms with van der Waals surface area (Å²) in [6, 6.07) is 3.47. The Kier molecular flexibility index (Phi) is 4.90. The summed E-state index contributed by atoms with van der Waals surface area (Å²) in [5.74, 6) is -0.443. The summed E-state index contributed by atoms with van der Waals surface area (Å²) >= 11 is 0. The van der Waals surface area contributed by atoms with Crippen molar-refractivity contribution in [2.45, 2.75) is 38.0 Å². The van der Waals surface area contributed by atoms with E-state index in [1.165, 1.54) is 37.8 Å². The quantitative estimate of drug-likeness (QED) is 0.837. The molecule has 1 N–H and O–H groups in total. The van der Waals surface area contributed by atoms with Crippen molar-refractivity contribution in [3.8, 4) is 0 Å². The Hall–Kier alpha value is -1.70. The molecule has 1 aromatic heterocycles. The SMILES string of the molecule is CC1(F)CNCCN(C(=O)C(C)(C)c2cccc(C(F)(F)F)n2)C1. The van der Waals surface area contributed by atoms with Crippen molar-refractivity contribution in [3.05, 3.63) is 29.6 Å². The van der Waals surface area contributed by atoms with E-state index in [1.54, 1.807) is 0 Å². The number of amides is 1. The fraction of sp³-hybridized carbons (Fsp3) is 0.625. The van der Waals surface area contributed by atoms with Gasteiger partial charge in [0, 0.05) is 19.6 Å². The largest absolute Gasteiger partial charge is 0.433 e. The van der Waals surface area contributed by atoms with Crippen LogP contribution in [0.25, 0.3) is 0 Å². The Morgan fingerprint density at radius 3 is 2.54 bits per heavy atom. The van der Waals surface area contributed by atoms with E-state index in [4.69, 9.17) is 0 Å². The number of halogens is 4. The van der Waals surface area contributed by atoms with Gasteiger partial charge in [-0.25, -0.2) is 9.37 Å². The fourth-order valence-electron chi connectivity index (χ4n) is 2.71. The molecule has 0 saturated carbocycles. The van der Waals surface area contributed by atoms with Crippen LogP contribution >= 0.6 is 0 Å². The maximum absolute atomic E-state index is 14.3. The van der Waals surface area contributed by atoms with E-state index < -0.39 is 28.9 Å². The maximum atomic E-state index is 14.3. The molecular formula is C16H21F4N3O. The van der Waals surface area contributed by atoms with Crippen molar-refractivity contribution in [1.29, 1.82) is 0 Å². The van der Waals surface area contributed by atoms with Gasteiger partial charge in [-0.1, -0.05) is 6.07 Å². The third kappa shape index (κ3) is 4.03. The van der Waals surface area contributed by atoms with Gasteiger partial charge in [0.15, 0.2) is 0 Å². The summed E-state index contributed by atoms with van der Waals surface area (Å²) in [6.45, 7) is 5.14. The molecule has 1 aromatic rings. The lowest BCUT2D eigenvalue weighted by Crippen LogP contribution is -2.49. The topological polar surface area (TPSA) is 45.2 Å². The van der Waals surface area contributed by atoms with E-state index >= 15 is 0 Å². The van der Waals surface area contributed by atoms with E-state index in [1.807, 2.05) is 0 Å². The number of alkyl halides is 4. The molecule has 1 fully saturated rings. The molecule has 0 aromatic carbocycles. The lowest BCUT2D eigenvalue weighted by atomic mass is 9.86. The van der Waals surface area contributed by atoms with E-state index in [9.17, 15) is 22.4 Å². The number of carbonyl (C=O) groups is 1. The second-order valence-corrected chi connectivity index (χ2v) is 6.85. The fourth-order valence-corrected chi connectivity index (χ4v) is 2.71. The van der Waals surface area contributed by atoms with Crippen LogP contribution in [0.1, 0.15) is 32.2 Å². The van der Waals surface area contributed by atoms with Gasteiger partial charge < -0.3 is 10.2 Å². The van der Waals surface area contributed by atoms with Crippen LogP contribution in [0.5, 0.6) is 0 Å². The number of carbonyl (C=O) groups excluding carboxylic acids is 1. The Morgan fingerprint density at radius 2 is 1.92 bits per heavy atom. The van der Waals surface area contributed by atoms with Crippen LogP contribution in [-0.4, -0.2) is 47.6 Å². The van der Waals surface area contributed by atoms with E-state index in [0.717, 1.165) is 6.07 Å². The number of hydrogen-bond donors (Lipinski definition) is 1. The van der Waals surface area contributed by atoms with Crippen molar-refractivity contribution in [1.82, 2.24) is 15.2 Å². The molecule has 0 aliphatic carbocycles. The van der Waals surface area contributed by atoms with E-state index in [-0.39, 0.29) is 18.8 Å². The number of aromatic nitrogens is 1. The van der Waals surface area contributed by atoms with Crippen molar-refractivity contribution in [2.24, 2.45) is 0 Å². The standard InChI is InChI=1S/C16H21F4N3O/c1-14(2,11-5-4-6-12(22-11)16(18,19)20)13(24)23-8-7-21-9-15(3,17)10-23/h4-6,21H,7-10H2,1-3H3. The molecule has 134 valence electrons. The average Bonchev–Trinajstić information content (AvgIpc) is 2.66. The molecule has 1 atom stereocenters. The first-order chi connectivity index (χ1) is 10.9. The maximum Gasteiger partial charge on any atom is 0.433 e. The molecule has 0 bridgehead atoms. The van der Waals surface area contributed by atoms with E-state index in [0.29, 0.717) is 13.1 Å². The van der Waals surface area contributed by atoms with Gasteiger partial charge in [-0.2, -0.15) is 13.2 Å². The number of pyridine rings is 1. The van der Waals surface area contributed by atoms with Gasteiger partial charge in [0.2, 0.25) is 5.91 Å². The molecule has 1 unspecified atom stereocenters. The van der Waals surface area contributed by atoms with Gasteiger partial charge in [0.05, 0.1) is 17.7 Å². The summed E-state index contributed by atoms with van der Waals surface area (Å²) in [5.41, 5.74) is -3.92. The summed E-state index contributed by atoms with van der Waals surface area (Å²) in [5, 5.41) is 2.91. The zero-order chi connectivity index (χ0) is 18.2. The molecule has 4 nitrogen and oxygen atoms in total. The van der Waals surface area contributed by atoms with Crippen LogP contribution in [-0.2, 0) is 16.4 Å². The average molecular weight is 347 g/mol. The van der Waals surface area contributed by atoms with Crippen LogP contribution in [0.15, 0.2) is 18.2 Å². The van der Waals surface area contributed by atoms with Crippen molar-refractivity contribution < 1.29 is 22.4 Å². The molecule has 0 spiro atoms. The predicted molar refractivity (Wildman–Crippen MR) is 81.2 cm³/mol. The van der Waals surface area contributed by atoms with E-state index in [2.05, 4.69) is 10.3 Å². The van der Waals surface area contributed by atoms with Crippen LogP contribution < -0.4 is 5.32 Å². The second kappa shape index (κ2) is 6.31. The van der Waals surface area contributed by atoms with Crippen LogP contribution in [0.4, 0.5) is 17.6 Å². The lowest BCUT2D eigenvalue weighted by molar-refractivity contribution is -0.142. The number of rotatable bonds is 2. The van der Waals surface area contributed by atoms with Gasteiger partial charge in [-0.15, -0.1) is 0 Å². The van der Waals surface area contributed by atoms with Crippen LogP contribution in [0, 0.1) is 0 Å². The highest BCUT2D eigenvalue weighted by atomic mass is 19.4. The molecule has 1 amide bonds.